The zero-order valence-electron chi connectivity index (χ0n) is 18.9. The average Bonchev–Trinajstić information content (AvgIpc) is 3.39. The number of amides is 1. The fourth-order valence-electron chi connectivity index (χ4n) is 5.64. The number of nitrogens with zero attached hydrogens (tertiary/aromatic N) is 4. The van der Waals surface area contributed by atoms with Crippen LogP contribution in [0.25, 0.3) is 33.1 Å². The van der Waals surface area contributed by atoms with E-state index in [0.29, 0.717) is 35.3 Å². The lowest BCUT2D eigenvalue weighted by Gasteiger charge is -2.42. The Kier molecular flexibility index (Phi) is 4.76. The number of rotatable bonds is 3. The van der Waals surface area contributed by atoms with E-state index in [9.17, 15) is 23.1 Å². The molecule has 35 heavy (non-hydrogen) atoms. The highest BCUT2D eigenvalue weighted by Gasteiger charge is 2.50. The molecule has 1 aromatic carbocycles. The van der Waals surface area contributed by atoms with Gasteiger partial charge >= 0.3 is 6.18 Å². The summed E-state index contributed by atoms with van der Waals surface area (Å²) in [6, 6.07) is 8.59. The number of aromatic nitrogens is 3. The van der Waals surface area contributed by atoms with Crippen molar-refractivity contribution in [2.24, 2.45) is 11.8 Å². The lowest BCUT2D eigenvalue weighted by molar-refractivity contribution is -0.141. The molecule has 1 saturated heterocycles. The number of hydrogen-bond acceptors (Lipinski definition) is 5. The molecule has 0 radical (unpaired) electrons. The Morgan fingerprint density at radius 1 is 1.20 bits per heavy atom. The molecule has 4 heterocycles. The highest BCUT2D eigenvalue weighted by Crippen LogP contribution is 2.45. The molecule has 10 heteroatoms. The van der Waals surface area contributed by atoms with E-state index in [-0.39, 0.29) is 29.0 Å². The van der Waals surface area contributed by atoms with Gasteiger partial charge in [0.25, 0.3) is 5.91 Å². The maximum Gasteiger partial charge on any atom is 0.408 e. The van der Waals surface area contributed by atoms with E-state index in [2.05, 4.69) is 10.1 Å². The van der Waals surface area contributed by atoms with Crippen LogP contribution in [0.1, 0.15) is 30.3 Å². The largest absolute Gasteiger partial charge is 0.464 e. The molecule has 2 bridgehead atoms. The number of alkyl halides is 3. The maximum absolute atomic E-state index is 13.4. The Hall–Kier alpha value is -3.40. The standard InChI is InChI=1S/C25H23F3N4O3/c1-24(34)14-6-7-15(24)11-31(10-14)23(33)19-8-20-17(9-29-19)22(30-32(20)13-25(26,27)28)18-12-35-21-5-3-2-4-16(18)21/h2-5,8-9,12,14-15,34H,6-7,10-11,13H2,1H3. The number of halogens is 3. The van der Waals surface area contributed by atoms with E-state index < -0.39 is 18.3 Å². The number of fused-ring (bicyclic) bond motifs is 4. The highest BCUT2D eigenvalue weighted by molar-refractivity contribution is 6.03. The van der Waals surface area contributed by atoms with Crippen LogP contribution in [0, 0.1) is 11.8 Å². The summed E-state index contributed by atoms with van der Waals surface area (Å²) in [4.78, 5) is 19.3. The first-order valence-electron chi connectivity index (χ1n) is 11.5. The van der Waals surface area contributed by atoms with E-state index >= 15 is 0 Å². The van der Waals surface area contributed by atoms with E-state index in [0.717, 1.165) is 22.9 Å². The Morgan fingerprint density at radius 2 is 1.91 bits per heavy atom. The number of aliphatic hydroxyl groups is 1. The van der Waals surface area contributed by atoms with Gasteiger partial charge in [0.05, 0.1) is 11.1 Å². The van der Waals surface area contributed by atoms with Crippen molar-refractivity contribution in [1.29, 1.82) is 0 Å². The van der Waals surface area contributed by atoms with Gasteiger partial charge in [-0.15, -0.1) is 0 Å². The molecule has 1 aliphatic carbocycles. The van der Waals surface area contributed by atoms with Crippen molar-refractivity contribution in [2.45, 2.75) is 38.1 Å². The summed E-state index contributed by atoms with van der Waals surface area (Å²) in [6.07, 6.45) is 0.0649. The minimum atomic E-state index is -4.50. The fraction of sp³-hybridized carbons (Fsp3) is 0.400. The Morgan fingerprint density at radius 3 is 2.63 bits per heavy atom. The minimum absolute atomic E-state index is 0.0225. The van der Waals surface area contributed by atoms with Gasteiger partial charge in [-0.3, -0.25) is 14.5 Å². The first kappa shape index (κ1) is 22.1. The van der Waals surface area contributed by atoms with Gasteiger partial charge in [-0.25, -0.2) is 0 Å². The molecule has 1 amide bonds. The molecule has 2 aliphatic rings. The summed E-state index contributed by atoms with van der Waals surface area (Å²) < 4.78 is 46.6. The van der Waals surface area contributed by atoms with Crippen molar-refractivity contribution < 1.29 is 27.5 Å². The number of carbonyl (C=O) groups is 1. The molecule has 1 N–H and O–H groups in total. The lowest BCUT2D eigenvalue weighted by atomic mass is 9.82. The zero-order chi connectivity index (χ0) is 24.5. The molecule has 2 fully saturated rings. The summed E-state index contributed by atoms with van der Waals surface area (Å²) in [6.45, 7) is 1.32. The topological polar surface area (TPSA) is 84.4 Å². The summed E-state index contributed by atoms with van der Waals surface area (Å²) >= 11 is 0. The van der Waals surface area contributed by atoms with E-state index in [1.165, 1.54) is 18.5 Å². The Balaban J connectivity index is 1.42. The normalized spacial score (nSPS) is 24.5. The number of carbonyl (C=O) groups excluding carboxylic acids is 1. The second-order valence-corrected chi connectivity index (χ2v) is 9.76. The zero-order valence-corrected chi connectivity index (χ0v) is 18.9. The molecular formula is C25H23F3N4O3. The highest BCUT2D eigenvalue weighted by atomic mass is 19.4. The number of furan rings is 1. The van der Waals surface area contributed by atoms with Crippen LogP contribution in [0.4, 0.5) is 13.2 Å². The summed E-state index contributed by atoms with van der Waals surface area (Å²) in [7, 11) is 0. The molecule has 182 valence electrons. The lowest BCUT2D eigenvalue weighted by Crippen LogP contribution is -2.53. The van der Waals surface area contributed by atoms with Crippen LogP contribution >= 0.6 is 0 Å². The molecule has 6 rings (SSSR count). The first-order valence-corrected chi connectivity index (χ1v) is 11.5. The van der Waals surface area contributed by atoms with Crippen molar-refractivity contribution in [3.8, 4) is 11.3 Å². The van der Waals surface area contributed by atoms with Gasteiger partial charge in [-0.2, -0.15) is 18.3 Å². The monoisotopic (exact) mass is 484 g/mol. The van der Waals surface area contributed by atoms with Crippen LogP contribution in [0.5, 0.6) is 0 Å². The summed E-state index contributed by atoms with van der Waals surface area (Å²) in [5.74, 6) is -0.398. The average molecular weight is 484 g/mol. The van der Waals surface area contributed by atoms with Crippen LogP contribution in [0.15, 0.2) is 47.2 Å². The van der Waals surface area contributed by atoms with Crippen molar-refractivity contribution >= 4 is 27.8 Å². The molecule has 3 aromatic heterocycles. The summed E-state index contributed by atoms with van der Waals surface area (Å²) in [5, 5.41) is 16.1. The molecule has 1 aliphatic heterocycles. The fourth-order valence-corrected chi connectivity index (χ4v) is 5.64. The molecule has 2 unspecified atom stereocenters. The summed E-state index contributed by atoms with van der Waals surface area (Å²) in [5.41, 5.74) is 0.895. The van der Waals surface area contributed by atoms with Gasteiger partial charge in [0.15, 0.2) is 0 Å². The van der Waals surface area contributed by atoms with Crippen LogP contribution < -0.4 is 0 Å². The van der Waals surface area contributed by atoms with Gasteiger partial charge in [0.2, 0.25) is 0 Å². The Labute approximate surface area is 198 Å². The third-order valence-corrected chi connectivity index (χ3v) is 7.61. The maximum atomic E-state index is 13.4. The third-order valence-electron chi connectivity index (χ3n) is 7.61. The number of likely N-dealkylation sites (tertiary alicyclic amines) is 1. The predicted octanol–water partition coefficient (Wildman–Crippen LogP) is 4.64. The van der Waals surface area contributed by atoms with Gasteiger partial charge < -0.3 is 14.4 Å². The Bertz CT molecular complexity index is 1440. The van der Waals surface area contributed by atoms with Crippen molar-refractivity contribution in [2.75, 3.05) is 13.1 Å². The number of benzene rings is 1. The van der Waals surface area contributed by atoms with Crippen molar-refractivity contribution in [3.05, 3.63) is 48.5 Å². The predicted molar refractivity (Wildman–Crippen MR) is 122 cm³/mol. The molecule has 2 atom stereocenters. The number of piperidine rings is 1. The number of para-hydroxylation sites is 1. The molecule has 4 aromatic rings. The second-order valence-electron chi connectivity index (χ2n) is 9.76. The van der Waals surface area contributed by atoms with E-state index in [1.54, 1.807) is 11.0 Å². The van der Waals surface area contributed by atoms with Crippen LogP contribution in [-0.2, 0) is 6.54 Å². The van der Waals surface area contributed by atoms with E-state index in [1.807, 2.05) is 25.1 Å². The third kappa shape index (κ3) is 3.58. The van der Waals surface area contributed by atoms with Crippen molar-refractivity contribution in [1.82, 2.24) is 19.7 Å². The quantitative estimate of drug-likeness (QED) is 0.458. The van der Waals surface area contributed by atoms with Gasteiger partial charge in [-0.05, 0) is 31.9 Å². The first-order chi connectivity index (χ1) is 16.6. The SMILES string of the molecule is CC1(O)C2CCC1CN(C(=O)c1cc3c(cn1)c(-c1coc4ccccc14)nn3CC(F)(F)F)C2. The van der Waals surface area contributed by atoms with Crippen LogP contribution in [0.2, 0.25) is 0 Å². The molecule has 7 nitrogen and oxygen atoms in total. The van der Waals surface area contributed by atoms with Crippen LogP contribution in [0.3, 0.4) is 0 Å². The number of pyridine rings is 1. The van der Waals surface area contributed by atoms with E-state index in [4.69, 9.17) is 4.42 Å². The number of hydrogen-bond donors (Lipinski definition) is 1. The van der Waals surface area contributed by atoms with Gasteiger partial charge in [-0.1, -0.05) is 18.2 Å². The smallest absolute Gasteiger partial charge is 0.408 e. The van der Waals surface area contributed by atoms with Gasteiger partial charge in [0, 0.05) is 47.5 Å². The molecule has 0 spiro atoms. The van der Waals surface area contributed by atoms with Gasteiger partial charge in [0.1, 0.15) is 29.8 Å². The van der Waals surface area contributed by atoms with Crippen molar-refractivity contribution in [3.63, 3.8) is 0 Å². The molecule has 1 saturated carbocycles. The second kappa shape index (κ2) is 7.55. The molecular weight excluding hydrogens is 461 g/mol. The van der Waals surface area contributed by atoms with Crippen LogP contribution in [-0.4, -0.2) is 55.5 Å². The minimum Gasteiger partial charge on any atom is -0.464 e.